The summed E-state index contributed by atoms with van der Waals surface area (Å²) in [5.74, 6) is 1.87. The fraction of sp³-hybridized carbons (Fsp3) is 0.661. The number of aliphatic hydroxyl groups excluding tert-OH is 2. The minimum absolute atomic E-state index is 0. The fourth-order valence-electron chi connectivity index (χ4n) is 11.5. The molecule has 2 fully saturated rings. The van der Waals surface area contributed by atoms with Gasteiger partial charge in [-0.15, -0.1) is 0 Å². The molecule has 0 unspecified atom stereocenters. The molecule has 2 aromatic rings. The molecule has 2 aliphatic carbocycles. The number of phenolic OH excluding ortho intramolecular Hbond substituents is 2. The van der Waals surface area contributed by atoms with Crippen LogP contribution in [0.5, 0.6) is 17.2 Å². The van der Waals surface area contributed by atoms with Crippen LogP contribution in [0.3, 0.4) is 0 Å². The number of methoxy groups -OCH3 is 1. The zero-order valence-corrected chi connectivity index (χ0v) is 42.2. The van der Waals surface area contributed by atoms with E-state index in [0.717, 1.165) is 66.6 Å². The Hall–Kier alpha value is -3.36. The predicted molar refractivity (Wildman–Crippen MR) is 279 cm³/mol. The van der Waals surface area contributed by atoms with Gasteiger partial charge in [0.25, 0.3) is 0 Å². The van der Waals surface area contributed by atoms with Gasteiger partial charge in [0, 0.05) is 23.0 Å². The van der Waals surface area contributed by atoms with E-state index in [9.17, 15) is 20.4 Å². The lowest BCUT2D eigenvalue weighted by molar-refractivity contribution is 0.222. The number of hydrogen-bond acceptors (Lipinski definition) is 7. The Labute approximate surface area is 403 Å². The van der Waals surface area contributed by atoms with E-state index in [4.69, 9.17) is 4.74 Å². The average Bonchev–Trinajstić information content (AvgIpc) is 3.29. The summed E-state index contributed by atoms with van der Waals surface area (Å²) in [4.78, 5) is 5.23. The highest BCUT2D eigenvalue weighted by Crippen LogP contribution is 2.49. The van der Waals surface area contributed by atoms with Gasteiger partial charge in [-0.25, -0.2) is 0 Å². The lowest BCUT2D eigenvalue weighted by Gasteiger charge is -2.34. The highest BCUT2D eigenvalue weighted by Gasteiger charge is 2.34. The van der Waals surface area contributed by atoms with Gasteiger partial charge in [-0.3, -0.25) is 0 Å². The Morgan fingerprint density at radius 1 is 0.636 bits per heavy atom. The zero-order valence-electron chi connectivity index (χ0n) is 42.2. The third-order valence-electron chi connectivity index (χ3n) is 15.8. The molecule has 0 radical (unpaired) electrons. The van der Waals surface area contributed by atoms with Gasteiger partial charge in [0.15, 0.2) is 0 Å². The molecular weight excluding hydrogens is 817 g/mol. The standard InChI is InChI=1S/C30H47NO2.C28H43NO3.CH4/c1-22(2)26-13-12-24(21-32)19-27(26)29-23(3)18-25(20-28(29)33-6)30(4,5)14-8-11-17-31-15-9-7-10-16-31;1-20(2)23-11-10-21(19-30)16-24(23)27-25(31)17-22(18-26(27)32)28(3,4)12-6-9-15-29-13-7-5-8-14-29;/h18-20,26-27,32H,1,7-17,21H2,2-6H3;16-18,23-24,30-32H,1,5-15,19H2,2-4H3;1H4/t26-,27+;23-,24+;/m11./s1. The number of ether oxygens (including phenoxy) is 1. The van der Waals surface area contributed by atoms with E-state index in [2.05, 4.69) is 82.7 Å². The van der Waals surface area contributed by atoms with Gasteiger partial charge in [-0.1, -0.05) is 103 Å². The first-order valence-corrected chi connectivity index (χ1v) is 25.6. The first-order chi connectivity index (χ1) is 31.0. The van der Waals surface area contributed by atoms with Crippen molar-refractivity contribution in [3.8, 4) is 17.2 Å². The van der Waals surface area contributed by atoms with Crippen LogP contribution < -0.4 is 4.74 Å². The predicted octanol–water partition coefficient (Wildman–Crippen LogP) is 13.6. The van der Waals surface area contributed by atoms with Gasteiger partial charge >= 0.3 is 0 Å². The Balaban J connectivity index is 0.000000284. The number of hydrogen-bond donors (Lipinski definition) is 4. The molecule has 4 N–H and O–H groups in total. The topological polar surface area (TPSA) is 96.6 Å². The summed E-state index contributed by atoms with van der Waals surface area (Å²) in [6, 6.07) is 8.36. The maximum Gasteiger partial charge on any atom is 0.123 e. The quantitative estimate of drug-likeness (QED) is 0.0823. The molecule has 0 spiro atoms. The van der Waals surface area contributed by atoms with E-state index in [1.54, 1.807) is 7.11 Å². The second kappa shape index (κ2) is 25.8. The number of aryl methyl sites for hydroxylation is 1. The van der Waals surface area contributed by atoms with Crippen LogP contribution in [0.25, 0.3) is 0 Å². The highest BCUT2D eigenvalue weighted by atomic mass is 16.5. The Kier molecular flexibility index (Phi) is 21.6. The Morgan fingerprint density at radius 3 is 1.44 bits per heavy atom. The van der Waals surface area contributed by atoms with Crippen molar-refractivity contribution >= 4 is 0 Å². The Morgan fingerprint density at radius 2 is 1.05 bits per heavy atom. The van der Waals surface area contributed by atoms with Crippen LogP contribution in [-0.4, -0.2) is 89.8 Å². The van der Waals surface area contributed by atoms with Gasteiger partial charge < -0.3 is 35.0 Å². The van der Waals surface area contributed by atoms with E-state index in [1.165, 1.54) is 126 Å². The molecule has 0 bridgehead atoms. The summed E-state index contributed by atoms with van der Waals surface area (Å²) >= 11 is 0. The molecule has 2 aliphatic heterocycles. The normalized spacial score (nSPS) is 22.0. The summed E-state index contributed by atoms with van der Waals surface area (Å²) in [6.45, 7) is 31.6. The summed E-state index contributed by atoms with van der Waals surface area (Å²) in [5, 5.41) is 41.4. The minimum Gasteiger partial charge on any atom is -0.507 e. The number of benzene rings is 2. The molecule has 0 saturated carbocycles. The van der Waals surface area contributed by atoms with Gasteiger partial charge in [-0.2, -0.15) is 0 Å². The van der Waals surface area contributed by atoms with Crippen LogP contribution in [0.2, 0.25) is 0 Å². The van der Waals surface area contributed by atoms with E-state index in [0.29, 0.717) is 11.5 Å². The number of piperidine rings is 2. The van der Waals surface area contributed by atoms with Crippen LogP contribution in [0.15, 0.2) is 71.9 Å². The van der Waals surface area contributed by atoms with Crippen LogP contribution in [-0.2, 0) is 10.8 Å². The molecule has 7 heteroatoms. The molecular formula is C59H94N2O5. The van der Waals surface area contributed by atoms with Crippen molar-refractivity contribution in [3.05, 3.63) is 99.7 Å². The third kappa shape index (κ3) is 14.8. The Bertz CT molecular complexity index is 1910. The van der Waals surface area contributed by atoms with Crippen molar-refractivity contribution in [1.82, 2.24) is 9.80 Å². The van der Waals surface area contributed by atoms with Crippen molar-refractivity contribution < 1.29 is 25.2 Å². The molecule has 66 heavy (non-hydrogen) atoms. The minimum atomic E-state index is -0.162. The van der Waals surface area contributed by atoms with E-state index < -0.39 is 0 Å². The maximum absolute atomic E-state index is 11.0. The van der Waals surface area contributed by atoms with Crippen molar-refractivity contribution in [2.75, 3.05) is 59.6 Å². The highest BCUT2D eigenvalue weighted by molar-refractivity contribution is 5.53. The van der Waals surface area contributed by atoms with Crippen LogP contribution >= 0.6 is 0 Å². The number of likely N-dealkylation sites (tertiary alicyclic amines) is 2. The van der Waals surface area contributed by atoms with Crippen molar-refractivity contribution in [3.63, 3.8) is 0 Å². The van der Waals surface area contributed by atoms with Crippen LogP contribution in [0.1, 0.15) is 191 Å². The second-order valence-electron chi connectivity index (χ2n) is 21.8. The molecule has 7 nitrogen and oxygen atoms in total. The first kappa shape index (κ1) is 55.2. The second-order valence-corrected chi connectivity index (χ2v) is 21.8. The number of rotatable bonds is 19. The molecule has 4 aliphatic rings. The monoisotopic (exact) mass is 911 g/mol. The number of aliphatic hydroxyl groups is 2. The lowest BCUT2D eigenvalue weighted by atomic mass is 9.71. The van der Waals surface area contributed by atoms with E-state index in [1.807, 2.05) is 25.1 Å². The number of nitrogens with zero attached hydrogens (tertiary/aromatic N) is 2. The summed E-state index contributed by atoms with van der Waals surface area (Å²) in [5.41, 5.74) is 9.81. The fourth-order valence-corrected chi connectivity index (χ4v) is 11.5. The van der Waals surface area contributed by atoms with Gasteiger partial charge in [0.05, 0.1) is 20.3 Å². The van der Waals surface area contributed by atoms with E-state index in [-0.39, 0.29) is 60.7 Å². The third-order valence-corrected chi connectivity index (χ3v) is 15.8. The molecule has 6 rings (SSSR count). The lowest BCUT2D eigenvalue weighted by Crippen LogP contribution is -2.30. The largest absolute Gasteiger partial charge is 0.507 e. The van der Waals surface area contributed by atoms with Gasteiger partial charge in [0.1, 0.15) is 17.2 Å². The average molecular weight is 911 g/mol. The number of aromatic hydroxyl groups is 2. The summed E-state index contributed by atoms with van der Waals surface area (Å²) in [7, 11) is 1.79. The molecule has 2 heterocycles. The molecule has 0 aromatic heterocycles. The van der Waals surface area contributed by atoms with Crippen LogP contribution in [0, 0.1) is 18.8 Å². The SMILES string of the molecule is C.C=C(C)[C@H]1CCC(CO)=C[C@@H]1c1c(C)cc(C(C)(C)CCCCN2CCCCC2)cc1OC.C=C(C)[C@H]1CCC(CO)=C[C@@H]1c1c(O)cc(C(C)(C)CCCCN2CCCCC2)cc1O. The molecule has 2 saturated heterocycles. The van der Waals surface area contributed by atoms with Crippen molar-refractivity contribution in [2.24, 2.45) is 11.8 Å². The molecule has 2 aromatic carbocycles. The van der Waals surface area contributed by atoms with Crippen LogP contribution in [0.4, 0.5) is 0 Å². The number of phenols is 2. The van der Waals surface area contributed by atoms with Crippen molar-refractivity contribution in [2.45, 2.75) is 181 Å². The first-order valence-electron chi connectivity index (χ1n) is 25.6. The zero-order chi connectivity index (χ0) is 47.3. The van der Waals surface area contributed by atoms with E-state index >= 15 is 0 Å². The molecule has 0 amide bonds. The summed E-state index contributed by atoms with van der Waals surface area (Å²) in [6.07, 6.45) is 23.3. The molecule has 4 atom stereocenters. The summed E-state index contributed by atoms with van der Waals surface area (Å²) < 4.78 is 5.99. The van der Waals surface area contributed by atoms with Gasteiger partial charge in [0.2, 0.25) is 0 Å². The number of allylic oxidation sites excluding steroid dienone is 4. The smallest absolute Gasteiger partial charge is 0.123 e. The van der Waals surface area contributed by atoms with Crippen molar-refractivity contribution in [1.29, 1.82) is 0 Å². The van der Waals surface area contributed by atoms with Gasteiger partial charge in [-0.05, 0) is 206 Å². The number of unbranched alkanes of at least 4 members (excludes halogenated alkanes) is 2. The maximum atomic E-state index is 11.0. The molecule has 370 valence electrons.